The first-order chi connectivity index (χ1) is 11.7. The van der Waals surface area contributed by atoms with Crippen LogP contribution in [0.1, 0.15) is 6.92 Å². The van der Waals surface area contributed by atoms with Crippen molar-refractivity contribution in [3.8, 4) is 11.3 Å². The zero-order chi connectivity index (χ0) is 16.9. The van der Waals surface area contributed by atoms with Crippen molar-refractivity contribution < 1.29 is 9.53 Å². The molecular weight excluding hydrogens is 342 g/mol. The van der Waals surface area contributed by atoms with Crippen LogP contribution < -0.4 is 0 Å². The molecule has 24 heavy (non-hydrogen) atoms. The number of benzene rings is 2. The Kier molecular flexibility index (Phi) is 5.38. The van der Waals surface area contributed by atoms with Gasteiger partial charge in [0.2, 0.25) is 0 Å². The third-order valence-corrected chi connectivity index (χ3v) is 4.68. The first-order valence-electron chi connectivity index (χ1n) is 7.61. The summed E-state index contributed by atoms with van der Waals surface area (Å²) in [6, 6.07) is 17.6. The zero-order valence-corrected chi connectivity index (χ0v) is 14.7. The van der Waals surface area contributed by atoms with Crippen LogP contribution in [0.3, 0.4) is 0 Å². The lowest BCUT2D eigenvalue weighted by Crippen LogP contribution is -2.06. The first-order valence-corrected chi connectivity index (χ1v) is 8.98. The summed E-state index contributed by atoms with van der Waals surface area (Å²) in [7, 11) is 0. The van der Waals surface area contributed by atoms with Gasteiger partial charge in [-0.2, -0.15) is 0 Å². The van der Waals surface area contributed by atoms with Crippen molar-refractivity contribution in [1.29, 1.82) is 0 Å². The van der Waals surface area contributed by atoms with Crippen LogP contribution in [0.5, 0.6) is 0 Å². The molecule has 3 rings (SSSR count). The van der Waals surface area contributed by atoms with E-state index < -0.39 is 0 Å². The molecular formula is C19H16ClNO2S. The van der Waals surface area contributed by atoms with Gasteiger partial charge in [0.05, 0.1) is 23.6 Å². The molecule has 5 heteroatoms. The monoisotopic (exact) mass is 357 g/mol. The van der Waals surface area contributed by atoms with Crippen molar-refractivity contribution in [2.75, 3.05) is 12.4 Å². The number of thioether (sulfide) groups is 1. The van der Waals surface area contributed by atoms with Crippen LogP contribution >= 0.6 is 23.4 Å². The van der Waals surface area contributed by atoms with Crippen molar-refractivity contribution >= 4 is 40.2 Å². The number of hydrogen-bond acceptors (Lipinski definition) is 4. The van der Waals surface area contributed by atoms with E-state index in [4.69, 9.17) is 21.3 Å². The summed E-state index contributed by atoms with van der Waals surface area (Å²) in [5, 5.41) is 1.62. The number of aromatic nitrogens is 1. The number of hydrogen-bond donors (Lipinski definition) is 0. The number of ether oxygens (including phenoxy) is 1. The molecule has 0 saturated carbocycles. The van der Waals surface area contributed by atoms with Crippen molar-refractivity contribution in [3.05, 3.63) is 59.6 Å². The second-order valence-corrected chi connectivity index (χ2v) is 6.59. The standard InChI is InChI=1S/C19H16ClNO2S/c1-2-23-18(22)12-24-17-11-14-10-15(20)8-9-16(14)21-19(17)13-6-4-3-5-7-13/h3-11H,2,12H2,1H3. The van der Waals surface area contributed by atoms with E-state index >= 15 is 0 Å². The van der Waals surface area contributed by atoms with Crippen LogP contribution in [0.25, 0.3) is 22.2 Å². The fourth-order valence-corrected chi connectivity index (χ4v) is 3.43. The van der Waals surface area contributed by atoms with Gasteiger partial charge >= 0.3 is 5.97 Å². The van der Waals surface area contributed by atoms with Gasteiger partial charge in [-0.15, -0.1) is 11.8 Å². The normalized spacial score (nSPS) is 10.8. The number of carbonyl (C=O) groups is 1. The SMILES string of the molecule is CCOC(=O)CSc1cc2cc(Cl)ccc2nc1-c1ccccc1. The van der Waals surface area contributed by atoms with Crippen molar-refractivity contribution in [3.63, 3.8) is 0 Å². The molecule has 2 aromatic carbocycles. The highest BCUT2D eigenvalue weighted by Gasteiger charge is 2.12. The molecule has 0 N–H and O–H groups in total. The van der Waals surface area contributed by atoms with E-state index in [1.807, 2.05) is 54.6 Å². The van der Waals surface area contributed by atoms with Crippen LogP contribution in [0.2, 0.25) is 5.02 Å². The van der Waals surface area contributed by atoms with Gasteiger partial charge in [0.15, 0.2) is 0 Å². The summed E-state index contributed by atoms with van der Waals surface area (Å²) in [5.74, 6) is 0.0224. The van der Waals surface area contributed by atoms with Crippen LogP contribution in [-0.2, 0) is 9.53 Å². The molecule has 3 nitrogen and oxygen atoms in total. The van der Waals surface area contributed by atoms with Crippen molar-refractivity contribution in [2.45, 2.75) is 11.8 Å². The van der Waals surface area contributed by atoms with Crippen LogP contribution in [-0.4, -0.2) is 23.3 Å². The van der Waals surface area contributed by atoms with Crippen molar-refractivity contribution in [2.24, 2.45) is 0 Å². The lowest BCUT2D eigenvalue weighted by molar-refractivity contribution is -0.139. The molecule has 1 aromatic heterocycles. The molecule has 0 spiro atoms. The summed E-state index contributed by atoms with van der Waals surface area (Å²) in [6.45, 7) is 2.19. The van der Waals surface area contributed by atoms with E-state index in [-0.39, 0.29) is 11.7 Å². The third kappa shape index (κ3) is 3.89. The fraction of sp³-hybridized carbons (Fsp3) is 0.158. The summed E-state index contributed by atoms with van der Waals surface area (Å²) in [6.07, 6.45) is 0. The van der Waals surface area contributed by atoms with Crippen LogP contribution in [0, 0.1) is 0 Å². The smallest absolute Gasteiger partial charge is 0.316 e. The minimum absolute atomic E-state index is 0.229. The Morgan fingerprint density at radius 2 is 1.96 bits per heavy atom. The highest BCUT2D eigenvalue weighted by Crippen LogP contribution is 2.33. The molecule has 1 heterocycles. The highest BCUT2D eigenvalue weighted by molar-refractivity contribution is 8.00. The Labute approximate surface area is 150 Å². The van der Waals surface area contributed by atoms with Gasteiger partial charge in [0.1, 0.15) is 0 Å². The average Bonchev–Trinajstić information content (AvgIpc) is 2.60. The van der Waals surface area contributed by atoms with Gasteiger partial charge in [-0.25, -0.2) is 4.98 Å². The van der Waals surface area contributed by atoms with E-state index in [0.717, 1.165) is 27.1 Å². The molecule has 0 atom stereocenters. The van der Waals surface area contributed by atoms with Gasteiger partial charge in [-0.05, 0) is 31.2 Å². The number of nitrogens with zero attached hydrogens (tertiary/aromatic N) is 1. The second kappa shape index (κ2) is 7.69. The maximum Gasteiger partial charge on any atom is 0.316 e. The van der Waals surface area contributed by atoms with Gasteiger partial charge in [-0.1, -0.05) is 41.9 Å². The molecule has 0 radical (unpaired) electrons. The number of fused-ring (bicyclic) bond motifs is 1. The largest absolute Gasteiger partial charge is 0.465 e. The van der Waals surface area contributed by atoms with E-state index in [2.05, 4.69) is 0 Å². The van der Waals surface area contributed by atoms with E-state index in [0.29, 0.717) is 11.6 Å². The summed E-state index contributed by atoms with van der Waals surface area (Å²) < 4.78 is 5.01. The van der Waals surface area contributed by atoms with E-state index in [9.17, 15) is 4.79 Å². The lowest BCUT2D eigenvalue weighted by atomic mass is 10.1. The molecule has 0 amide bonds. The highest BCUT2D eigenvalue weighted by atomic mass is 35.5. The maximum absolute atomic E-state index is 11.7. The van der Waals surface area contributed by atoms with Gasteiger partial charge in [0.25, 0.3) is 0 Å². The topological polar surface area (TPSA) is 39.2 Å². The average molecular weight is 358 g/mol. The lowest BCUT2D eigenvalue weighted by Gasteiger charge is -2.11. The quantitative estimate of drug-likeness (QED) is 0.464. The van der Waals surface area contributed by atoms with E-state index in [1.54, 1.807) is 6.92 Å². The summed E-state index contributed by atoms with van der Waals surface area (Å²) in [4.78, 5) is 17.4. The molecule has 0 aliphatic carbocycles. The summed E-state index contributed by atoms with van der Waals surface area (Å²) >= 11 is 7.52. The molecule has 0 saturated heterocycles. The predicted molar refractivity (Wildman–Crippen MR) is 99.5 cm³/mol. The molecule has 122 valence electrons. The van der Waals surface area contributed by atoms with Gasteiger partial charge < -0.3 is 4.74 Å². The predicted octanol–water partition coefficient (Wildman–Crippen LogP) is 5.21. The van der Waals surface area contributed by atoms with Crippen LogP contribution in [0.15, 0.2) is 59.5 Å². The Balaban J connectivity index is 2.04. The zero-order valence-electron chi connectivity index (χ0n) is 13.2. The van der Waals surface area contributed by atoms with Gasteiger partial charge in [0, 0.05) is 20.9 Å². The number of carbonyl (C=O) groups excluding carboxylic acids is 1. The fourth-order valence-electron chi connectivity index (χ4n) is 2.38. The van der Waals surface area contributed by atoms with Crippen molar-refractivity contribution in [1.82, 2.24) is 4.98 Å². The number of esters is 1. The second-order valence-electron chi connectivity index (χ2n) is 5.13. The molecule has 0 unspecified atom stereocenters. The van der Waals surface area contributed by atoms with E-state index in [1.165, 1.54) is 11.8 Å². The third-order valence-electron chi connectivity index (χ3n) is 3.44. The first kappa shape index (κ1) is 16.8. The number of halogens is 1. The molecule has 0 fully saturated rings. The molecule has 0 aliphatic rings. The maximum atomic E-state index is 11.7. The Hall–Kier alpha value is -2.04. The number of rotatable bonds is 5. The minimum Gasteiger partial charge on any atom is -0.465 e. The Morgan fingerprint density at radius 1 is 1.17 bits per heavy atom. The summed E-state index contributed by atoms with van der Waals surface area (Å²) in [5.41, 5.74) is 2.75. The number of pyridine rings is 1. The van der Waals surface area contributed by atoms with Crippen LogP contribution in [0.4, 0.5) is 0 Å². The molecule has 0 aliphatic heterocycles. The van der Waals surface area contributed by atoms with Gasteiger partial charge in [-0.3, -0.25) is 4.79 Å². The molecule has 0 bridgehead atoms. The Morgan fingerprint density at radius 3 is 2.71 bits per heavy atom. The minimum atomic E-state index is -0.229. The Bertz CT molecular complexity index is 868. The molecule has 3 aromatic rings.